The van der Waals surface area contributed by atoms with Crippen molar-refractivity contribution < 1.29 is 4.79 Å². The molecule has 0 fully saturated rings. The van der Waals surface area contributed by atoms with Gasteiger partial charge in [-0.1, -0.05) is 25.4 Å². The Morgan fingerprint density at radius 1 is 1.50 bits per heavy atom. The van der Waals surface area contributed by atoms with Crippen LogP contribution >= 0.6 is 11.6 Å². The van der Waals surface area contributed by atoms with Gasteiger partial charge in [-0.15, -0.1) is 0 Å². The van der Waals surface area contributed by atoms with Crippen LogP contribution < -0.4 is 16.0 Å². The van der Waals surface area contributed by atoms with Crippen molar-refractivity contribution in [3.05, 3.63) is 28.8 Å². The number of rotatable bonds is 6. The van der Waals surface area contributed by atoms with E-state index in [0.717, 1.165) is 11.3 Å². The average molecular weight is 270 g/mol. The lowest BCUT2D eigenvalue weighted by Crippen LogP contribution is -2.32. The first-order chi connectivity index (χ1) is 8.40. The highest BCUT2D eigenvalue weighted by Gasteiger charge is 2.10. The normalized spacial score (nSPS) is 10.7. The van der Waals surface area contributed by atoms with Crippen LogP contribution in [0.25, 0.3) is 0 Å². The minimum absolute atomic E-state index is 0.191. The number of benzene rings is 1. The maximum absolute atomic E-state index is 11.0. The summed E-state index contributed by atoms with van der Waals surface area (Å²) in [7, 11) is 1.84. The molecule has 0 bridgehead atoms. The van der Waals surface area contributed by atoms with Gasteiger partial charge in [0.15, 0.2) is 0 Å². The van der Waals surface area contributed by atoms with E-state index in [-0.39, 0.29) is 12.5 Å². The molecule has 0 aliphatic carbocycles. The first-order valence-corrected chi connectivity index (χ1v) is 6.29. The molecule has 0 saturated carbocycles. The molecule has 1 amide bonds. The summed E-state index contributed by atoms with van der Waals surface area (Å²) >= 11 is 6.00. The van der Waals surface area contributed by atoms with Gasteiger partial charge in [0.2, 0.25) is 5.91 Å². The van der Waals surface area contributed by atoms with Crippen LogP contribution in [0.2, 0.25) is 5.02 Å². The van der Waals surface area contributed by atoms with E-state index in [1.54, 1.807) is 0 Å². The Labute approximate surface area is 113 Å². The highest BCUT2D eigenvalue weighted by Crippen LogP contribution is 2.23. The Kier molecular flexibility index (Phi) is 5.44. The standard InChI is InChI=1S/C13H20ClN3O/c1-9(2)16-7-10-6-11(14)4-5-12(10)17(3)8-13(15)18/h4-6,9,16H,7-8H2,1-3H3,(H2,15,18). The van der Waals surface area contributed by atoms with Crippen molar-refractivity contribution in [3.63, 3.8) is 0 Å². The Morgan fingerprint density at radius 3 is 2.72 bits per heavy atom. The minimum Gasteiger partial charge on any atom is -0.368 e. The number of halogens is 1. The third-order valence-electron chi connectivity index (χ3n) is 2.55. The summed E-state index contributed by atoms with van der Waals surface area (Å²) in [6, 6.07) is 6.01. The van der Waals surface area contributed by atoms with Crippen LogP contribution in [0.1, 0.15) is 19.4 Å². The van der Waals surface area contributed by atoms with Gasteiger partial charge in [0.25, 0.3) is 0 Å². The van der Waals surface area contributed by atoms with Gasteiger partial charge in [0, 0.05) is 30.3 Å². The van der Waals surface area contributed by atoms with Crippen molar-refractivity contribution in [2.75, 3.05) is 18.5 Å². The number of carbonyl (C=O) groups excluding carboxylic acids is 1. The van der Waals surface area contributed by atoms with Gasteiger partial charge in [0.1, 0.15) is 0 Å². The Hall–Kier alpha value is -1.26. The molecule has 0 radical (unpaired) electrons. The van der Waals surface area contributed by atoms with Gasteiger partial charge < -0.3 is 16.0 Å². The van der Waals surface area contributed by atoms with Gasteiger partial charge >= 0.3 is 0 Å². The monoisotopic (exact) mass is 269 g/mol. The number of carbonyl (C=O) groups is 1. The van der Waals surface area contributed by atoms with Crippen molar-refractivity contribution in [1.29, 1.82) is 0 Å². The molecule has 0 spiro atoms. The number of hydrogen-bond acceptors (Lipinski definition) is 3. The second kappa shape index (κ2) is 6.61. The first kappa shape index (κ1) is 14.8. The molecule has 18 heavy (non-hydrogen) atoms. The van der Waals surface area contributed by atoms with Crippen LogP contribution in [0.3, 0.4) is 0 Å². The largest absolute Gasteiger partial charge is 0.368 e. The first-order valence-electron chi connectivity index (χ1n) is 5.91. The van der Waals surface area contributed by atoms with E-state index in [1.807, 2.05) is 30.1 Å². The van der Waals surface area contributed by atoms with E-state index in [9.17, 15) is 4.79 Å². The lowest BCUT2D eigenvalue weighted by atomic mass is 10.1. The fraction of sp³-hybridized carbons (Fsp3) is 0.462. The highest BCUT2D eigenvalue weighted by molar-refractivity contribution is 6.30. The van der Waals surface area contributed by atoms with Crippen molar-refractivity contribution in [3.8, 4) is 0 Å². The minimum atomic E-state index is -0.352. The van der Waals surface area contributed by atoms with Crippen molar-refractivity contribution in [2.24, 2.45) is 5.73 Å². The van der Waals surface area contributed by atoms with Crippen molar-refractivity contribution in [1.82, 2.24) is 5.32 Å². The van der Waals surface area contributed by atoms with E-state index in [4.69, 9.17) is 17.3 Å². The lowest BCUT2D eigenvalue weighted by Gasteiger charge is -2.22. The summed E-state index contributed by atoms with van der Waals surface area (Å²) in [6.45, 7) is 5.06. The van der Waals surface area contributed by atoms with E-state index >= 15 is 0 Å². The second-order valence-electron chi connectivity index (χ2n) is 4.63. The zero-order valence-electron chi connectivity index (χ0n) is 11.0. The van der Waals surface area contributed by atoms with Crippen LogP contribution in [-0.4, -0.2) is 25.5 Å². The number of nitrogens with one attached hydrogen (secondary N) is 1. The smallest absolute Gasteiger partial charge is 0.236 e. The summed E-state index contributed by atoms with van der Waals surface area (Å²) in [5.74, 6) is -0.352. The van der Waals surface area contributed by atoms with Gasteiger partial charge in [-0.3, -0.25) is 4.79 Å². The molecule has 1 aromatic rings. The summed E-state index contributed by atoms with van der Waals surface area (Å²) < 4.78 is 0. The second-order valence-corrected chi connectivity index (χ2v) is 5.07. The van der Waals surface area contributed by atoms with Crippen LogP contribution in [0, 0.1) is 0 Å². The molecular weight excluding hydrogens is 250 g/mol. The number of amides is 1. The SMILES string of the molecule is CC(C)NCc1cc(Cl)ccc1N(C)CC(N)=O. The van der Waals surface area contributed by atoms with Gasteiger partial charge in [-0.25, -0.2) is 0 Å². The van der Waals surface area contributed by atoms with Gasteiger partial charge in [0.05, 0.1) is 6.54 Å². The predicted octanol–water partition coefficient (Wildman–Crippen LogP) is 1.76. The molecule has 0 unspecified atom stereocenters. The molecule has 0 aliphatic rings. The summed E-state index contributed by atoms with van der Waals surface area (Å²) in [5.41, 5.74) is 7.23. The predicted molar refractivity (Wildman–Crippen MR) is 75.9 cm³/mol. The van der Waals surface area contributed by atoms with Crippen LogP contribution in [0.4, 0.5) is 5.69 Å². The highest BCUT2D eigenvalue weighted by atomic mass is 35.5. The molecule has 0 heterocycles. The van der Waals surface area contributed by atoms with Crippen LogP contribution in [0.15, 0.2) is 18.2 Å². The van der Waals surface area contributed by atoms with Gasteiger partial charge in [-0.05, 0) is 23.8 Å². The molecule has 0 aromatic heterocycles. The quantitative estimate of drug-likeness (QED) is 0.827. The fourth-order valence-corrected chi connectivity index (χ4v) is 1.90. The maximum Gasteiger partial charge on any atom is 0.236 e. The fourth-order valence-electron chi connectivity index (χ4n) is 1.70. The summed E-state index contributed by atoms with van der Waals surface area (Å²) in [6.07, 6.45) is 0. The van der Waals surface area contributed by atoms with E-state index < -0.39 is 0 Å². The molecule has 100 valence electrons. The average Bonchev–Trinajstić information content (AvgIpc) is 2.25. The Balaban J connectivity index is 2.91. The Morgan fingerprint density at radius 2 is 2.17 bits per heavy atom. The van der Waals surface area contributed by atoms with Gasteiger partial charge in [-0.2, -0.15) is 0 Å². The molecule has 3 N–H and O–H groups in total. The number of primary amides is 1. The topological polar surface area (TPSA) is 58.4 Å². The van der Waals surface area contributed by atoms with E-state index in [2.05, 4.69) is 19.2 Å². The molecule has 0 saturated heterocycles. The van der Waals surface area contributed by atoms with E-state index in [0.29, 0.717) is 17.6 Å². The number of likely N-dealkylation sites (N-methyl/N-ethyl adjacent to an activating group) is 1. The number of anilines is 1. The molecule has 0 atom stereocenters. The maximum atomic E-state index is 11.0. The number of nitrogens with zero attached hydrogens (tertiary/aromatic N) is 1. The summed E-state index contributed by atoms with van der Waals surface area (Å²) in [5, 5.41) is 4.02. The third-order valence-corrected chi connectivity index (χ3v) is 2.78. The number of hydrogen-bond donors (Lipinski definition) is 2. The molecular formula is C13H20ClN3O. The summed E-state index contributed by atoms with van der Waals surface area (Å²) in [4.78, 5) is 12.8. The molecule has 1 rings (SSSR count). The van der Waals surface area contributed by atoms with Crippen LogP contribution in [-0.2, 0) is 11.3 Å². The third kappa shape index (κ3) is 4.55. The zero-order valence-corrected chi connectivity index (χ0v) is 11.8. The van der Waals surface area contributed by atoms with Crippen molar-refractivity contribution in [2.45, 2.75) is 26.4 Å². The molecule has 1 aromatic carbocycles. The zero-order chi connectivity index (χ0) is 13.7. The molecule has 4 nitrogen and oxygen atoms in total. The van der Waals surface area contributed by atoms with Crippen LogP contribution in [0.5, 0.6) is 0 Å². The Bertz CT molecular complexity index is 421. The lowest BCUT2D eigenvalue weighted by molar-refractivity contribution is -0.116. The molecule has 5 heteroatoms. The molecule has 0 aliphatic heterocycles. The number of nitrogens with two attached hydrogens (primary N) is 1. The van der Waals surface area contributed by atoms with E-state index in [1.165, 1.54) is 0 Å². The van der Waals surface area contributed by atoms with Crippen molar-refractivity contribution >= 4 is 23.2 Å².